The molecule has 0 aliphatic carbocycles. The average molecular weight is 254 g/mol. The van der Waals surface area contributed by atoms with Crippen LogP contribution in [0.4, 0.5) is 5.95 Å². The number of nitriles is 1. The summed E-state index contributed by atoms with van der Waals surface area (Å²) in [6.45, 7) is 6.17. The second-order valence-electron chi connectivity index (χ2n) is 3.57. The van der Waals surface area contributed by atoms with Crippen LogP contribution in [0.25, 0.3) is 0 Å². The lowest BCUT2D eigenvalue weighted by atomic mass is 10.1. The molecule has 6 nitrogen and oxygen atoms in total. The number of rotatable bonds is 3. The van der Waals surface area contributed by atoms with Crippen LogP contribution in [0.2, 0.25) is 0 Å². The second kappa shape index (κ2) is 7.81. The van der Waals surface area contributed by atoms with E-state index in [0.29, 0.717) is 11.1 Å². The summed E-state index contributed by atoms with van der Waals surface area (Å²) < 4.78 is 0. The van der Waals surface area contributed by atoms with Gasteiger partial charge in [0.2, 0.25) is 5.95 Å². The van der Waals surface area contributed by atoms with Crippen molar-refractivity contribution in [3.8, 4) is 6.07 Å². The van der Waals surface area contributed by atoms with Gasteiger partial charge in [-0.25, -0.2) is 9.97 Å². The van der Waals surface area contributed by atoms with Gasteiger partial charge in [0.15, 0.2) is 5.16 Å². The summed E-state index contributed by atoms with van der Waals surface area (Å²) in [5.41, 5.74) is 4.18. The minimum Gasteiger partial charge on any atom is -0.336 e. The predicted molar refractivity (Wildman–Crippen MR) is 69.7 cm³/mol. The first-order valence-corrected chi connectivity index (χ1v) is 6.34. The zero-order chi connectivity index (χ0) is 13.3. The van der Waals surface area contributed by atoms with Gasteiger partial charge < -0.3 is 11.1 Å². The van der Waals surface area contributed by atoms with Crippen LogP contribution in [0, 0.1) is 11.3 Å². The van der Waals surface area contributed by atoms with Crippen molar-refractivity contribution in [3.63, 3.8) is 0 Å². The Morgan fingerprint density at radius 1 is 1.53 bits per heavy atom. The van der Waals surface area contributed by atoms with Gasteiger partial charge in [-0.05, 0) is 26.6 Å². The Kier molecular flexibility index (Phi) is 7.18. The molecule has 1 heterocycles. The third-order valence-corrected chi connectivity index (χ3v) is 2.00. The SMILES string of the molecule is CCN.CSc1ncnc(NC(C)(C)C#N)n1. The molecule has 17 heavy (non-hydrogen) atoms. The third-order valence-electron chi connectivity index (χ3n) is 1.44. The van der Waals surface area contributed by atoms with E-state index >= 15 is 0 Å². The van der Waals surface area contributed by atoms with Crippen LogP contribution < -0.4 is 11.1 Å². The Balaban J connectivity index is 0.000000770. The van der Waals surface area contributed by atoms with Crippen LogP contribution in [0.5, 0.6) is 0 Å². The van der Waals surface area contributed by atoms with Crippen molar-refractivity contribution in [1.82, 2.24) is 15.0 Å². The number of hydrogen-bond donors (Lipinski definition) is 2. The Hall–Kier alpha value is -1.39. The molecular weight excluding hydrogens is 236 g/mol. The fraction of sp³-hybridized carbons (Fsp3) is 0.600. The minimum absolute atomic E-state index is 0.427. The fourth-order valence-corrected chi connectivity index (χ4v) is 1.08. The summed E-state index contributed by atoms with van der Waals surface area (Å²) in [7, 11) is 0. The maximum absolute atomic E-state index is 8.79. The number of nitrogens with one attached hydrogen (secondary N) is 1. The molecule has 3 N–H and O–H groups in total. The van der Waals surface area contributed by atoms with E-state index in [0.717, 1.165) is 6.54 Å². The monoisotopic (exact) mass is 254 g/mol. The Bertz CT molecular complexity index is 373. The van der Waals surface area contributed by atoms with Gasteiger partial charge >= 0.3 is 0 Å². The molecule has 0 radical (unpaired) electrons. The van der Waals surface area contributed by atoms with E-state index in [2.05, 4.69) is 26.3 Å². The first-order valence-electron chi connectivity index (χ1n) is 5.11. The molecule has 0 saturated heterocycles. The van der Waals surface area contributed by atoms with E-state index in [1.54, 1.807) is 13.8 Å². The molecule has 94 valence electrons. The van der Waals surface area contributed by atoms with Crippen molar-refractivity contribution >= 4 is 17.7 Å². The molecule has 1 aromatic heterocycles. The van der Waals surface area contributed by atoms with E-state index in [1.807, 2.05) is 13.2 Å². The van der Waals surface area contributed by atoms with E-state index < -0.39 is 5.54 Å². The highest BCUT2D eigenvalue weighted by atomic mass is 32.2. The minimum atomic E-state index is -0.670. The first kappa shape index (κ1) is 15.6. The van der Waals surface area contributed by atoms with Crippen LogP contribution >= 0.6 is 11.8 Å². The molecule has 0 aromatic carbocycles. The number of aromatic nitrogens is 3. The molecule has 7 heteroatoms. The van der Waals surface area contributed by atoms with Gasteiger partial charge in [-0.3, -0.25) is 0 Å². The molecule has 0 fully saturated rings. The summed E-state index contributed by atoms with van der Waals surface area (Å²) in [4.78, 5) is 12.0. The molecule has 0 amide bonds. The summed E-state index contributed by atoms with van der Waals surface area (Å²) in [5.74, 6) is 0.427. The zero-order valence-electron chi connectivity index (χ0n) is 10.6. The molecule has 0 bridgehead atoms. The number of anilines is 1. The van der Waals surface area contributed by atoms with Crippen LogP contribution in [-0.2, 0) is 0 Å². The Labute approximate surface area is 106 Å². The van der Waals surface area contributed by atoms with E-state index in [1.165, 1.54) is 18.1 Å². The molecule has 0 atom stereocenters. The largest absolute Gasteiger partial charge is 0.336 e. The lowest BCUT2D eigenvalue weighted by Gasteiger charge is -2.16. The number of nitrogens with zero attached hydrogens (tertiary/aromatic N) is 4. The maximum Gasteiger partial charge on any atom is 0.227 e. The van der Waals surface area contributed by atoms with Crippen LogP contribution in [0.15, 0.2) is 11.5 Å². The smallest absolute Gasteiger partial charge is 0.227 e. The van der Waals surface area contributed by atoms with Gasteiger partial charge in [0.1, 0.15) is 11.9 Å². The van der Waals surface area contributed by atoms with Crippen molar-refractivity contribution in [1.29, 1.82) is 5.26 Å². The van der Waals surface area contributed by atoms with Gasteiger partial charge in [-0.15, -0.1) is 0 Å². The van der Waals surface area contributed by atoms with E-state index in [4.69, 9.17) is 11.0 Å². The highest BCUT2D eigenvalue weighted by molar-refractivity contribution is 7.98. The first-order chi connectivity index (χ1) is 7.99. The third kappa shape index (κ3) is 6.71. The summed E-state index contributed by atoms with van der Waals surface area (Å²) >= 11 is 1.43. The Morgan fingerprint density at radius 3 is 2.59 bits per heavy atom. The fourth-order valence-electron chi connectivity index (χ4n) is 0.747. The maximum atomic E-state index is 8.79. The Morgan fingerprint density at radius 2 is 2.12 bits per heavy atom. The summed E-state index contributed by atoms with van der Waals surface area (Å²) in [5, 5.41) is 12.3. The molecule has 0 saturated carbocycles. The van der Waals surface area contributed by atoms with Gasteiger partial charge in [0.05, 0.1) is 6.07 Å². The predicted octanol–water partition coefficient (Wildman–Crippen LogP) is 1.27. The highest BCUT2D eigenvalue weighted by Crippen LogP contribution is 2.12. The standard InChI is InChI=1S/C8H11N5S.C2H7N/c1-8(2,4-9)13-6-10-5-11-7(12-6)14-3;1-2-3/h5H,1-3H3,(H,10,11,12,13);2-3H2,1H3. The topological polar surface area (TPSA) is 101 Å². The molecule has 0 aliphatic heterocycles. The molecule has 0 unspecified atom stereocenters. The van der Waals surface area contributed by atoms with E-state index in [-0.39, 0.29) is 0 Å². The van der Waals surface area contributed by atoms with Crippen molar-refractivity contribution in [3.05, 3.63) is 6.33 Å². The quantitative estimate of drug-likeness (QED) is 0.783. The van der Waals surface area contributed by atoms with Crippen molar-refractivity contribution in [2.45, 2.75) is 31.5 Å². The second-order valence-corrected chi connectivity index (χ2v) is 4.34. The van der Waals surface area contributed by atoms with Crippen molar-refractivity contribution in [2.75, 3.05) is 18.1 Å². The van der Waals surface area contributed by atoms with Gasteiger partial charge in [0, 0.05) is 0 Å². The zero-order valence-corrected chi connectivity index (χ0v) is 11.4. The molecule has 1 aromatic rings. The lowest BCUT2D eigenvalue weighted by molar-refractivity contribution is 0.708. The van der Waals surface area contributed by atoms with Crippen LogP contribution in [0.3, 0.4) is 0 Å². The number of hydrogen-bond acceptors (Lipinski definition) is 7. The van der Waals surface area contributed by atoms with E-state index in [9.17, 15) is 0 Å². The number of nitrogens with two attached hydrogens (primary N) is 1. The molecule has 0 spiro atoms. The molecule has 0 aliphatic rings. The van der Waals surface area contributed by atoms with Gasteiger partial charge in [-0.2, -0.15) is 10.2 Å². The van der Waals surface area contributed by atoms with Crippen LogP contribution in [0.1, 0.15) is 20.8 Å². The molecular formula is C10H18N6S. The lowest BCUT2D eigenvalue weighted by Crippen LogP contribution is -2.29. The van der Waals surface area contributed by atoms with Gasteiger partial charge in [0.25, 0.3) is 0 Å². The van der Waals surface area contributed by atoms with Crippen molar-refractivity contribution in [2.24, 2.45) is 5.73 Å². The highest BCUT2D eigenvalue weighted by Gasteiger charge is 2.17. The normalized spacial score (nSPS) is 9.88. The van der Waals surface area contributed by atoms with Crippen molar-refractivity contribution < 1.29 is 0 Å². The molecule has 1 rings (SSSR count). The summed E-state index contributed by atoms with van der Waals surface area (Å²) in [6.07, 6.45) is 3.31. The average Bonchev–Trinajstić information content (AvgIpc) is 2.30. The van der Waals surface area contributed by atoms with Crippen LogP contribution in [-0.4, -0.2) is 33.3 Å². The summed E-state index contributed by atoms with van der Waals surface area (Å²) in [6, 6.07) is 2.11. The number of thioether (sulfide) groups is 1. The van der Waals surface area contributed by atoms with Gasteiger partial charge in [-0.1, -0.05) is 18.7 Å².